The molecule has 4 heterocycles. The molecule has 0 aliphatic carbocycles. The van der Waals surface area contributed by atoms with Gasteiger partial charge >= 0.3 is 0 Å². The highest BCUT2D eigenvalue weighted by molar-refractivity contribution is 6.23. The van der Waals surface area contributed by atoms with E-state index in [1.807, 2.05) is 48.7 Å². The number of nitrogens with zero attached hydrogens (tertiary/aromatic N) is 3. The quantitative estimate of drug-likeness (QED) is 0.230. The summed E-state index contributed by atoms with van der Waals surface area (Å²) in [5, 5.41) is 7.69. The van der Waals surface area contributed by atoms with Crippen LogP contribution in [-0.2, 0) is 0 Å². The molecule has 0 fully saturated rings. The van der Waals surface area contributed by atoms with Crippen LogP contribution in [0.5, 0.6) is 0 Å². The summed E-state index contributed by atoms with van der Waals surface area (Å²) in [5.74, 6) is 1.41. The topological polar surface area (TPSA) is 75.9 Å². The predicted octanol–water partition coefficient (Wildman–Crippen LogP) is 9.04. The maximum Gasteiger partial charge on any atom is 0.169 e. The molecule has 1 atom stereocenters. The van der Waals surface area contributed by atoms with Gasteiger partial charge in [-0.3, -0.25) is 4.98 Å². The van der Waals surface area contributed by atoms with Crippen LogP contribution in [-0.4, -0.2) is 16.7 Å². The molecule has 0 amide bonds. The van der Waals surface area contributed by atoms with E-state index in [4.69, 9.17) is 18.8 Å². The summed E-state index contributed by atoms with van der Waals surface area (Å²) in [6.07, 6.45) is 3.10. The molecule has 0 bridgehead atoms. The van der Waals surface area contributed by atoms with Crippen molar-refractivity contribution in [1.82, 2.24) is 10.3 Å². The molecule has 44 heavy (non-hydrogen) atoms. The first kappa shape index (κ1) is 24.6. The minimum absolute atomic E-state index is 0.499. The average Bonchev–Trinajstić information content (AvgIpc) is 3.66. The zero-order valence-electron chi connectivity index (χ0n) is 23.4. The number of hydrogen-bond acceptors (Lipinski definition) is 6. The average molecular weight is 569 g/mol. The standard InChI is InChI=1S/C38H24N4O2/c1-2-8-23(9-3-1)24-14-16-25(17-15-24)36-40-37(26-18-19-28-27-10-4-6-12-31(27)43-33(28)20-26)42-38(41-36)30-21-39-22-34-35(30)29-11-5-7-13-32(29)44-34/h1-22,37H,(H,40,41,42). The number of rotatable bonds is 4. The van der Waals surface area contributed by atoms with E-state index in [1.165, 1.54) is 5.56 Å². The SMILES string of the molecule is c1ccc(-c2ccc(C3=NC(c4ccc5c(c4)oc4ccccc45)N=C(c4cncc5oc6ccccc6c45)N3)cc2)cc1. The van der Waals surface area contributed by atoms with E-state index < -0.39 is 6.17 Å². The van der Waals surface area contributed by atoms with E-state index in [9.17, 15) is 0 Å². The summed E-state index contributed by atoms with van der Waals surface area (Å²) < 4.78 is 12.4. The molecule has 0 saturated carbocycles. The molecule has 1 aliphatic rings. The summed E-state index contributed by atoms with van der Waals surface area (Å²) in [6.45, 7) is 0. The number of benzene rings is 5. The summed E-state index contributed by atoms with van der Waals surface area (Å²) in [4.78, 5) is 14.8. The Hall–Kier alpha value is -6.01. The van der Waals surface area contributed by atoms with E-state index in [0.29, 0.717) is 11.4 Å². The van der Waals surface area contributed by atoms with Gasteiger partial charge in [0.05, 0.1) is 6.20 Å². The van der Waals surface area contributed by atoms with Crippen molar-refractivity contribution in [2.75, 3.05) is 0 Å². The van der Waals surface area contributed by atoms with Crippen LogP contribution in [0.15, 0.2) is 153 Å². The third-order valence-electron chi connectivity index (χ3n) is 8.25. The van der Waals surface area contributed by atoms with Crippen molar-refractivity contribution in [2.24, 2.45) is 9.98 Å². The van der Waals surface area contributed by atoms with Crippen LogP contribution < -0.4 is 5.32 Å². The highest BCUT2D eigenvalue weighted by atomic mass is 16.3. The Morgan fingerprint density at radius 2 is 1.14 bits per heavy atom. The minimum Gasteiger partial charge on any atom is -0.456 e. The summed E-state index contributed by atoms with van der Waals surface area (Å²) in [6, 6.07) is 41.2. The van der Waals surface area contributed by atoms with Gasteiger partial charge in [0.2, 0.25) is 0 Å². The fourth-order valence-corrected chi connectivity index (χ4v) is 6.09. The Bertz CT molecular complexity index is 2420. The van der Waals surface area contributed by atoms with Gasteiger partial charge in [0.1, 0.15) is 28.4 Å². The fourth-order valence-electron chi connectivity index (χ4n) is 6.09. The first-order chi connectivity index (χ1) is 21.8. The van der Waals surface area contributed by atoms with Crippen molar-refractivity contribution in [2.45, 2.75) is 6.17 Å². The number of pyridine rings is 1. The lowest BCUT2D eigenvalue weighted by Crippen LogP contribution is -2.36. The minimum atomic E-state index is -0.499. The first-order valence-corrected chi connectivity index (χ1v) is 14.5. The molecule has 0 radical (unpaired) electrons. The van der Waals surface area contributed by atoms with Gasteiger partial charge in [-0.05, 0) is 29.3 Å². The van der Waals surface area contributed by atoms with Gasteiger partial charge in [-0.25, -0.2) is 9.98 Å². The van der Waals surface area contributed by atoms with Crippen LogP contribution in [0.2, 0.25) is 0 Å². The number of nitrogens with one attached hydrogen (secondary N) is 1. The van der Waals surface area contributed by atoms with E-state index >= 15 is 0 Å². The molecule has 6 nitrogen and oxygen atoms in total. The number of aliphatic imine (C=N–C) groups is 2. The van der Waals surface area contributed by atoms with Crippen LogP contribution >= 0.6 is 0 Å². The van der Waals surface area contributed by atoms with Crippen molar-refractivity contribution >= 4 is 55.5 Å². The Labute approximate surface area is 252 Å². The van der Waals surface area contributed by atoms with Crippen LogP contribution in [0.1, 0.15) is 22.9 Å². The maximum atomic E-state index is 6.22. The van der Waals surface area contributed by atoms with E-state index in [2.05, 4.69) is 89.2 Å². The highest BCUT2D eigenvalue weighted by Crippen LogP contribution is 2.35. The van der Waals surface area contributed by atoms with Crippen LogP contribution in [0.4, 0.5) is 0 Å². The fraction of sp³-hybridized carbons (Fsp3) is 0.0263. The Kier molecular flexibility index (Phi) is 5.46. The van der Waals surface area contributed by atoms with Crippen LogP contribution in [0.3, 0.4) is 0 Å². The lowest BCUT2D eigenvalue weighted by molar-refractivity contribution is 0.665. The zero-order chi connectivity index (χ0) is 29.0. The molecule has 1 unspecified atom stereocenters. The molecule has 8 aromatic rings. The second kappa shape index (κ2) is 9.78. The molecule has 9 rings (SSSR count). The number of fused-ring (bicyclic) bond motifs is 6. The number of furan rings is 2. The first-order valence-electron chi connectivity index (χ1n) is 14.5. The monoisotopic (exact) mass is 568 g/mol. The van der Waals surface area contributed by atoms with Crippen LogP contribution in [0, 0.1) is 0 Å². The lowest BCUT2D eigenvalue weighted by atomic mass is 10.0. The molecule has 1 N–H and O–H groups in total. The van der Waals surface area contributed by atoms with Crippen molar-refractivity contribution in [3.8, 4) is 11.1 Å². The maximum absolute atomic E-state index is 6.22. The van der Waals surface area contributed by atoms with Crippen molar-refractivity contribution < 1.29 is 8.83 Å². The molecule has 6 heteroatoms. The number of hydrogen-bond donors (Lipinski definition) is 1. The molecule has 3 aromatic heterocycles. The van der Waals surface area contributed by atoms with E-state index in [-0.39, 0.29) is 0 Å². The van der Waals surface area contributed by atoms with Gasteiger partial charge in [-0.1, -0.05) is 103 Å². The molecule has 0 spiro atoms. The normalized spacial score (nSPS) is 15.0. The largest absolute Gasteiger partial charge is 0.456 e. The molecule has 0 saturated heterocycles. The highest BCUT2D eigenvalue weighted by Gasteiger charge is 2.24. The zero-order valence-corrected chi connectivity index (χ0v) is 23.4. The molecule has 5 aromatic carbocycles. The van der Waals surface area contributed by atoms with Crippen molar-refractivity contribution in [3.63, 3.8) is 0 Å². The lowest BCUT2D eigenvalue weighted by Gasteiger charge is -2.22. The number of para-hydroxylation sites is 2. The number of amidine groups is 2. The Balaban J connectivity index is 1.20. The second-order valence-electron chi connectivity index (χ2n) is 10.9. The summed E-state index contributed by atoms with van der Waals surface area (Å²) in [7, 11) is 0. The molecule has 1 aliphatic heterocycles. The smallest absolute Gasteiger partial charge is 0.169 e. The van der Waals surface area contributed by atoms with E-state index in [1.54, 1.807) is 6.20 Å². The van der Waals surface area contributed by atoms with E-state index in [0.717, 1.165) is 66.4 Å². The van der Waals surface area contributed by atoms with Crippen molar-refractivity contribution in [3.05, 3.63) is 150 Å². The van der Waals surface area contributed by atoms with Gasteiger partial charge < -0.3 is 14.2 Å². The van der Waals surface area contributed by atoms with Gasteiger partial charge in [-0.2, -0.15) is 0 Å². The summed E-state index contributed by atoms with van der Waals surface area (Å²) in [5.41, 5.74) is 8.27. The van der Waals surface area contributed by atoms with Gasteiger partial charge in [0.25, 0.3) is 0 Å². The second-order valence-corrected chi connectivity index (χ2v) is 10.9. The Morgan fingerprint density at radius 1 is 0.500 bits per heavy atom. The van der Waals surface area contributed by atoms with Crippen molar-refractivity contribution in [1.29, 1.82) is 0 Å². The number of aromatic nitrogens is 1. The van der Waals surface area contributed by atoms with Crippen LogP contribution in [0.25, 0.3) is 55.0 Å². The molecular formula is C38H24N4O2. The summed E-state index contributed by atoms with van der Waals surface area (Å²) >= 11 is 0. The predicted molar refractivity (Wildman–Crippen MR) is 176 cm³/mol. The molecule has 208 valence electrons. The third kappa shape index (κ3) is 4.00. The molecular weight excluding hydrogens is 544 g/mol. The van der Waals surface area contributed by atoms with Gasteiger partial charge in [-0.15, -0.1) is 0 Å². The third-order valence-corrected chi connectivity index (χ3v) is 8.25. The Morgan fingerprint density at radius 3 is 1.98 bits per heavy atom. The van der Waals surface area contributed by atoms with Gasteiger partial charge in [0.15, 0.2) is 11.7 Å². The van der Waals surface area contributed by atoms with Gasteiger partial charge in [0, 0.05) is 44.4 Å².